The van der Waals surface area contributed by atoms with E-state index in [1.165, 1.54) is 6.20 Å². The summed E-state index contributed by atoms with van der Waals surface area (Å²) in [5.41, 5.74) is 0.859. The van der Waals surface area contributed by atoms with Gasteiger partial charge in [-0.2, -0.15) is 0 Å². The molecular formula is C11H14N2O5. The number of hydrogen-bond acceptors (Lipinski definition) is 6. The number of aromatic nitrogens is 1. The van der Waals surface area contributed by atoms with E-state index in [2.05, 4.69) is 9.98 Å². The third-order valence-electron chi connectivity index (χ3n) is 2.37. The third-order valence-corrected chi connectivity index (χ3v) is 2.37. The van der Waals surface area contributed by atoms with Crippen LogP contribution in [0.4, 0.5) is 0 Å². The Morgan fingerprint density at radius 1 is 1.56 bits per heavy atom. The fourth-order valence-corrected chi connectivity index (χ4v) is 1.28. The Balaban J connectivity index is 3.13. The van der Waals surface area contributed by atoms with Crippen LogP contribution in [0, 0.1) is 6.92 Å². The van der Waals surface area contributed by atoms with E-state index < -0.39 is 18.6 Å². The average Bonchev–Trinajstić information content (AvgIpc) is 2.34. The quantitative estimate of drug-likeness (QED) is 0.523. The lowest BCUT2D eigenvalue weighted by molar-refractivity contribution is -0.139. The summed E-state index contributed by atoms with van der Waals surface area (Å²) in [7, 11) is 0. The van der Waals surface area contributed by atoms with Crippen molar-refractivity contribution in [1.29, 1.82) is 0 Å². The van der Waals surface area contributed by atoms with E-state index in [4.69, 9.17) is 15.3 Å². The van der Waals surface area contributed by atoms with Crippen LogP contribution in [0.5, 0.6) is 5.75 Å². The predicted molar refractivity (Wildman–Crippen MR) is 62.7 cm³/mol. The van der Waals surface area contributed by atoms with E-state index >= 15 is 0 Å². The highest BCUT2D eigenvalue weighted by Gasteiger charge is 2.15. The van der Waals surface area contributed by atoms with E-state index in [0.717, 1.165) is 6.21 Å². The van der Waals surface area contributed by atoms with Crippen molar-refractivity contribution in [2.45, 2.75) is 19.6 Å². The van der Waals surface area contributed by atoms with Crippen LogP contribution >= 0.6 is 0 Å². The molecule has 1 heterocycles. The number of nitrogens with zero attached hydrogens (tertiary/aromatic N) is 2. The molecule has 7 nitrogen and oxygen atoms in total. The molecule has 98 valence electrons. The highest BCUT2D eigenvalue weighted by atomic mass is 16.4. The van der Waals surface area contributed by atoms with Crippen molar-refractivity contribution in [3.8, 4) is 5.75 Å². The molecule has 0 aliphatic heterocycles. The number of aliphatic imine (C=N–C) groups is 1. The van der Waals surface area contributed by atoms with Crippen LogP contribution in [0.2, 0.25) is 0 Å². The van der Waals surface area contributed by atoms with Gasteiger partial charge in [-0.3, -0.25) is 9.98 Å². The van der Waals surface area contributed by atoms with Gasteiger partial charge in [0.05, 0.1) is 18.9 Å². The zero-order valence-corrected chi connectivity index (χ0v) is 9.74. The molecule has 0 fully saturated rings. The lowest BCUT2D eigenvalue weighted by Gasteiger charge is -2.08. The highest BCUT2D eigenvalue weighted by molar-refractivity contribution is 5.87. The molecule has 0 aliphatic rings. The summed E-state index contributed by atoms with van der Waals surface area (Å²) in [6.07, 6.45) is 2.48. The molecular weight excluding hydrogens is 240 g/mol. The Hall–Kier alpha value is -1.99. The summed E-state index contributed by atoms with van der Waals surface area (Å²) in [6, 6.07) is -1.30. The molecule has 0 aromatic carbocycles. The lowest BCUT2D eigenvalue weighted by Crippen LogP contribution is -2.22. The maximum atomic E-state index is 10.7. The molecule has 1 aromatic rings. The van der Waals surface area contributed by atoms with Crippen molar-refractivity contribution in [2.75, 3.05) is 6.61 Å². The van der Waals surface area contributed by atoms with E-state index in [1.807, 2.05) is 0 Å². The first-order chi connectivity index (χ1) is 8.51. The van der Waals surface area contributed by atoms with E-state index in [0.29, 0.717) is 11.3 Å². The molecule has 0 amide bonds. The van der Waals surface area contributed by atoms with Crippen molar-refractivity contribution >= 4 is 12.2 Å². The molecule has 1 aromatic heterocycles. The smallest absolute Gasteiger partial charge is 0.330 e. The number of carboxylic acids is 1. The maximum absolute atomic E-state index is 10.7. The number of carbonyl (C=O) groups is 1. The first kappa shape index (κ1) is 14.1. The molecule has 18 heavy (non-hydrogen) atoms. The number of aliphatic hydroxyl groups is 2. The van der Waals surface area contributed by atoms with Gasteiger partial charge in [0, 0.05) is 23.5 Å². The van der Waals surface area contributed by atoms with Crippen LogP contribution in [0.1, 0.15) is 16.8 Å². The SMILES string of the molecule is Cc1ncc(CO)c(C=NC(CO)C(=O)O)c1O. The fraction of sp³-hybridized carbons (Fsp3) is 0.364. The molecule has 0 saturated heterocycles. The zero-order chi connectivity index (χ0) is 13.7. The van der Waals surface area contributed by atoms with Crippen molar-refractivity contribution in [3.63, 3.8) is 0 Å². The van der Waals surface area contributed by atoms with Crippen LogP contribution < -0.4 is 0 Å². The Kier molecular flexibility index (Phi) is 4.75. The number of rotatable bonds is 5. The number of pyridine rings is 1. The normalized spacial score (nSPS) is 12.8. The van der Waals surface area contributed by atoms with Gasteiger partial charge in [-0.05, 0) is 6.92 Å². The minimum absolute atomic E-state index is 0.174. The molecule has 1 unspecified atom stereocenters. The second-order valence-electron chi connectivity index (χ2n) is 3.60. The predicted octanol–water partition coefficient (Wildman–Crippen LogP) is -0.548. The van der Waals surface area contributed by atoms with Gasteiger partial charge in [-0.25, -0.2) is 4.79 Å². The largest absolute Gasteiger partial charge is 0.505 e. The summed E-state index contributed by atoms with van der Waals surface area (Å²) in [4.78, 5) is 18.2. The summed E-state index contributed by atoms with van der Waals surface area (Å²) < 4.78 is 0. The van der Waals surface area contributed by atoms with Gasteiger partial charge in [-0.15, -0.1) is 0 Å². The van der Waals surface area contributed by atoms with Crippen LogP contribution in [-0.4, -0.2) is 50.2 Å². The van der Waals surface area contributed by atoms with Crippen LogP contribution in [0.25, 0.3) is 0 Å². The number of aliphatic hydroxyl groups excluding tert-OH is 2. The average molecular weight is 254 g/mol. The van der Waals surface area contributed by atoms with Gasteiger partial charge in [0.2, 0.25) is 0 Å². The number of carboxylic acid groups (broad SMARTS) is 1. The maximum Gasteiger partial charge on any atom is 0.330 e. The molecule has 0 radical (unpaired) electrons. The molecule has 1 atom stereocenters. The fourth-order valence-electron chi connectivity index (χ4n) is 1.28. The topological polar surface area (TPSA) is 123 Å². The Labute approximate surface area is 103 Å². The minimum Gasteiger partial charge on any atom is -0.505 e. The zero-order valence-electron chi connectivity index (χ0n) is 9.74. The van der Waals surface area contributed by atoms with Gasteiger partial charge in [0.15, 0.2) is 6.04 Å². The van der Waals surface area contributed by atoms with Gasteiger partial charge >= 0.3 is 5.97 Å². The third kappa shape index (κ3) is 3.02. The van der Waals surface area contributed by atoms with Crippen molar-refractivity contribution < 1.29 is 25.2 Å². The van der Waals surface area contributed by atoms with E-state index in [-0.39, 0.29) is 17.9 Å². The minimum atomic E-state index is -1.30. The Bertz CT molecular complexity index is 473. The lowest BCUT2D eigenvalue weighted by atomic mass is 10.1. The van der Waals surface area contributed by atoms with Crippen LogP contribution in [0.3, 0.4) is 0 Å². The first-order valence-corrected chi connectivity index (χ1v) is 5.16. The molecule has 0 spiro atoms. The standard InChI is InChI=1S/C11H14N2O5/c1-6-10(16)8(7(4-14)2-12-6)3-13-9(5-15)11(17)18/h2-3,9,14-16H,4-5H2,1H3,(H,17,18). The monoisotopic (exact) mass is 254 g/mol. The van der Waals surface area contributed by atoms with Gasteiger partial charge in [-0.1, -0.05) is 0 Å². The Morgan fingerprint density at radius 3 is 2.72 bits per heavy atom. The number of aliphatic carboxylic acids is 1. The second kappa shape index (κ2) is 6.08. The van der Waals surface area contributed by atoms with Gasteiger partial charge in [0.1, 0.15) is 5.75 Å². The molecule has 0 saturated carbocycles. The van der Waals surface area contributed by atoms with Crippen LogP contribution in [-0.2, 0) is 11.4 Å². The summed E-state index contributed by atoms with van der Waals surface area (Å²) >= 11 is 0. The molecule has 1 rings (SSSR count). The van der Waals surface area contributed by atoms with Gasteiger partial charge in [0.25, 0.3) is 0 Å². The highest BCUT2D eigenvalue weighted by Crippen LogP contribution is 2.22. The van der Waals surface area contributed by atoms with Gasteiger partial charge < -0.3 is 20.4 Å². The van der Waals surface area contributed by atoms with Crippen molar-refractivity contribution in [2.24, 2.45) is 4.99 Å². The molecule has 7 heteroatoms. The molecule has 0 bridgehead atoms. The first-order valence-electron chi connectivity index (χ1n) is 5.16. The number of aryl methyl sites for hydroxylation is 1. The van der Waals surface area contributed by atoms with Crippen molar-refractivity contribution in [1.82, 2.24) is 4.98 Å². The number of aromatic hydroxyl groups is 1. The van der Waals surface area contributed by atoms with Crippen molar-refractivity contribution in [3.05, 3.63) is 23.0 Å². The van der Waals surface area contributed by atoms with E-state index in [9.17, 15) is 9.90 Å². The second-order valence-corrected chi connectivity index (χ2v) is 3.60. The Morgan fingerprint density at radius 2 is 2.22 bits per heavy atom. The summed E-state index contributed by atoms with van der Waals surface area (Å²) in [5.74, 6) is -1.45. The number of hydrogen-bond donors (Lipinski definition) is 4. The molecule has 0 aliphatic carbocycles. The summed E-state index contributed by atoms with van der Waals surface area (Å²) in [5, 5.41) is 36.4. The molecule has 4 N–H and O–H groups in total. The van der Waals surface area contributed by atoms with Crippen LogP contribution in [0.15, 0.2) is 11.2 Å². The van der Waals surface area contributed by atoms with E-state index in [1.54, 1.807) is 6.92 Å². The summed E-state index contributed by atoms with van der Waals surface area (Å²) in [6.45, 7) is 0.554.